The maximum atomic E-state index is 13.5. The molecule has 0 radical (unpaired) electrons. The zero-order valence-electron chi connectivity index (χ0n) is 20.0. The van der Waals surface area contributed by atoms with Gasteiger partial charge in [-0.25, -0.2) is 4.98 Å². The number of benzene rings is 2. The van der Waals surface area contributed by atoms with Gasteiger partial charge in [0.1, 0.15) is 10.8 Å². The van der Waals surface area contributed by atoms with Gasteiger partial charge in [0.15, 0.2) is 11.5 Å². The molecule has 1 aromatic heterocycles. The third kappa shape index (κ3) is 4.52. The predicted molar refractivity (Wildman–Crippen MR) is 135 cm³/mol. The molecule has 0 unspecified atom stereocenters. The molecule has 2 aromatic carbocycles. The number of ketones is 1. The number of thiazole rings is 1. The smallest absolute Gasteiger partial charge is 0.395 e. The Bertz CT molecular complexity index is 1380. The number of fused-ring (bicyclic) bond motifs is 1. The molecule has 1 N–H and O–H groups in total. The zero-order chi connectivity index (χ0) is 25.9. The van der Waals surface area contributed by atoms with E-state index in [1.807, 2.05) is 31.2 Å². The third-order valence-electron chi connectivity index (χ3n) is 7.43. The van der Waals surface area contributed by atoms with Gasteiger partial charge in [-0.2, -0.15) is 0 Å². The van der Waals surface area contributed by atoms with Crippen LogP contribution in [0.15, 0.2) is 42.5 Å². The van der Waals surface area contributed by atoms with Crippen LogP contribution in [0.5, 0.6) is 11.5 Å². The topological polar surface area (TPSA) is 71.9 Å². The number of hydrogen-bond acceptors (Lipinski definition) is 7. The van der Waals surface area contributed by atoms with E-state index in [2.05, 4.69) is 14.4 Å². The molecule has 3 heterocycles. The van der Waals surface area contributed by atoms with Crippen molar-refractivity contribution in [3.05, 3.63) is 74.2 Å². The second kappa shape index (κ2) is 9.01. The number of alkyl halides is 2. The summed E-state index contributed by atoms with van der Waals surface area (Å²) in [5, 5.41) is 11.6. The summed E-state index contributed by atoms with van der Waals surface area (Å²) in [6.45, 7) is 3.20. The Balaban J connectivity index is 1.27. The van der Waals surface area contributed by atoms with E-state index in [0.717, 1.165) is 22.7 Å². The van der Waals surface area contributed by atoms with Crippen molar-refractivity contribution in [2.24, 2.45) is 0 Å². The molecule has 2 aliphatic heterocycles. The lowest BCUT2D eigenvalue weighted by molar-refractivity contribution is -0.286. The number of aliphatic hydroxyl groups is 1. The lowest BCUT2D eigenvalue weighted by atomic mass is 9.89. The van der Waals surface area contributed by atoms with Gasteiger partial charge in [-0.05, 0) is 55.5 Å². The van der Waals surface area contributed by atoms with Gasteiger partial charge in [-0.15, -0.1) is 20.1 Å². The highest BCUT2D eigenvalue weighted by Crippen LogP contribution is 2.53. The Kier molecular flexibility index (Phi) is 6.02. The van der Waals surface area contributed by atoms with Crippen LogP contribution in [0, 0.1) is 6.92 Å². The molecule has 1 saturated heterocycles. The van der Waals surface area contributed by atoms with E-state index in [9.17, 15) is 18.7 Å². The van der Waals surface area contributed by atoms with Crippen LogP contribution in [-0.4, -0.2) is 46.3 Å². The average Bonchev–Trinajstić information content (AvgIpc) is 3.29. The Morgan fingerprint density at radius 3 is 2.70 bits per heavy atom. The van der Waals surface area contributed by atoms with Gasteiger partial charge in [0.2, 0.25) is 0 Å². The quantitative estimate of drug-likeness (QED) is 0.426. The van der Waals surface area contributed by atoms with Crippen LogP contribution in [0.1, 0.15) is 52.0 Å². The summed E-state index contributed by atoms with van der Waals surface area (Å²) in [7, 11) is 0. The van der Waals surface area contributed by atoms with Crippen LogP contribution in [0.3, 0.4) is 0 Å². The van der Waals surface area contributed by atoms with Crippen molar-refractivity contribution in [3.63, 3.8) is 0 Å². The SMILES string of the molecule is Cc1nc(CC(=O)C2(c3ccc4c(c3)OC(F)(F)O4)CC2)sc1[C@H](c1ccccc1Cl)N1CC[C@H](O)C1. The van der Waals surface area contributed by atoms with Crippen molar-refractivity contribution in [3.8, 4) is 11.5 Å². The Morgan fingerprint density at radius 2 is 2.00 bits per heavy atom. The van der Waals surface area contributed by atoms with Crippen molar-refractivity contribution in [1.82, 2.24) is 9.88 Å². The molecule has 0 amide bonds. The second-order valence-corrected chi connectivity index (χ2v) is 11.5. The molecule has 6 rings (SSSR count). The number of Topliss-reactive ketones (excluding diaryl/α,β-unsaturated/α-hetero) is 1. The highest BCUT2D eigenvalue weighted by atomic mass is 35.5. The molecule has 2 atom stereocenters. The number of halogens is 3. The molecule has 1 aliphatic carbocycles. The minimum Gasteiger partial charge on any atom is -0.395 e. The number of nitrogens with zero attached hydrogens (tertiary/aromatic N) is 2. The Morgan fingerprint density at radius 1 is 1.24 bits per heavy atom. The van der Waals surface area contributed by atoms with Crippen molar-refractivity contribution >= 4 is 28.7 Å². The molecule has 0 spiro atoms. The number of aromatic nitrogens is 1. The van der Waals surface area contributed by atoms with E-state index in [4.69, 9.17) is 16.6 Å². The summed E-state index contributed by atoms with van der Waals surface area (Å²) in [6.07, 6.45) is -1.96. The predicted octanol–water partition coefficient (Wildman–Crippen LogP) is 5.43. The van der Waals surface area contributed by atoms with E-state index in [1.54, 1.807) is 6.07 Å². The Labute approximate surface area is 221 Å². The van der Waals surface area contributed by atoms with Gasteiger partial charge in [-0.1, -0.05) is 35.9 Å². The van der Waals surface area contributed by atoms with Gasteiger partial charge in [-0.3, -0.25) is 9.69 Å². The molecule has 6 nitrogen and oxygen atoms in total. The standard InChI is InChI=1S/C27H25ClF2N2O4S/c1-15-25(24(32-11-8-17(33)14-32)18-4-2-3-5-19(18)28)37-23(31-15)13-22(34)26(9-10-26)16-6-7-20-21(12-16)36-27(29,30)35-20/h2-7,12,17,24,33H,8-11,13-14H2,1H3/t17-,24-/m0/s1. The summed E-state index contributed by atoms with van der Waals surface area (Å²) in [6, 6.07) is 12.1. The first-order valence-corrected chi connectivity index (χ1v) is 13.4. The highest BCUT2D eigenvalue weighted by Gasteiger charge is 2.52. The van der Waals surface area contributed by atoms with Crippen LogP contribution < -0.4 is 9.47 Å². The number of aryl methyl sites for hydroxylation is 1. The molecule has 37 heavy (non-hydrogen) atoms. The number of rotatable bonds is 7. The van der Waals surface area contributed by atoms with Crippen LogP contribution in [-0.2, 0) is 16.6 Å². The van der Waals surface area contributed by atoms with Gasteiger partial charge in [0.25, 0.3) is 0 Å². The normalized spacial score (nSPS) is 22.2. The van der Waals surface area contributed by atoms with E-state index in [0.29, 0.717) is 41.4 Å². The molecule has 2 fully saturated rings. The maximum Gasteiger partial charge on any atom is 0.586 e. The highest BCUT2D eigenvalue weighted by molar-refractivity contribution is 7.12. The molecule has 10 heteroatoms. The molecule has 3 aliphatic rings. The maximum absolute atomic E-state index is 13.5. The molecular formula is C27H25ClF2N2O4S. The number of carbonyl (C=O) groups excluding carboxylic acids is 1. The number of β-amino-alcohol motifs (C(OH)–C–C–N with tert-alkyl or cyclic N) is 1. The number of ether oxygens (including phenoxy) is 2. The van der Waals surface area contributed by atoms with Crippen LogP contribution in [0.2, 0.25) is 5.02 Å². The number of hydrogen-bond donors (Lipinski definition) is 1. The fourth-order valence-electron chi connectivity index (χ4n) is 5.40. The molecule has 0 bridgehead atoms. The van der Waals surface area contributed by atoms with Gasteiger partial charge in [0, 0.05) is 23.0 Å². The van der Waals surface area contributed by atoms with Crippen LogP contribution in [0.25, 0.3) is 0 Å². The van der Waals surface area contributed by atoms with E-state index >= 15 is 0 Å². The monoisotopic (exact) mass is 546 g/mol. The summed E-state index contributed by atoms with van der Waals surface area (Å²) < 4.78 is 36.0. The molecule has 3 aromatic rings. The summed E-state index contributed by atoms with van der Waals surface area (Å²) in [4.78, 5) is 21.5. The molecule has 194 valence electrons. The summed E-state index contributed by atoms with van der Waals surface area (Å²) in [5.74, 6) is -0.0801. The van der Waals surface area contributed by atoms with Crippen molar-refractivity contribution in [2.45, 2.75) is 56.5 Å². The second-order valence-electron chi connectivity index (χ2n) is 9.93. The first-order chi connectivity index (χ1) is 17.6. The average molecular weight is 547 g/mol. The van der Waals surface area contributed by atoms with E-state index in [1.165, 1.54) is 23.5 Å². The van der Waals surface area contributed by atoms with Gasteiger partial charge >= 0.3 is 6.29 Å². The summed E-state index contributed by atoms with van der Waals surface area (Å²) in [5.41, 5.74) is 1.70. The zero-order valence-corrected chi connectivity index (χ0v) is 21.6. The minimum absolute atomic E-state index is 0.00399. The van der Waals surface area contributed by atoms with Gasteiger partial charge < -0.3 is 14.6 Å². The number of carbonyl (C=O) groups is 1. The number of likely N-dealkylation sites (tertiary alicyclic amines) is 1. The van der Waals surface area contributed by atoms with Crippen LogP contribution in [0.4, 0.5) is 8.78 Å². The van der Waals surface area contributed by atoms with Crippen molar-refractivity contribution < 1.29 is 28.2 Å². The van der Waals surface area contributed by atoms with E-state index < -0.39 is 17.8 Å². The first kappa shape index (κ1) is 24.7. The largest absolute Gasteiger partial charge is 0.586 e. The third-order valence-corrected chi connectivity index (χ3v) is 8.99. The summed E-state index contributed by atoms with van der Waals surface area (Å²) >= 11 is 8.08. The van der Waals surface area contributed by atoms with Crippen molar-refractivity contribution in [1.29, 1.82) is 0 Å². The Hall–Kier alpha value is -2.59. The number of aliphatic hydroxyl groups excluding tert-OH is 1. The van der Waals surface area contributed by atoms with Crippen molar-refractivity contribution in [2.75, 3.05) is 13.1 Å². The lowest BCUT2D eigenvalue weighted by Gasteiger charge is -2.28. The fourth-order valence-corrected chi connectivity index (χ4v) is 6.86. The van der Waals surface area contributed by atoms with Crippen LogP contribution >= 0.6 is 22.9 Å². The van der Waals surface area contributed by atoms with Gasteiger partial charge in [0.05, 0.1) is 29.7 Å². The fraction of sp³-hybridized carbons (Fsp3) is 0.407. The van der Waals surface area contributed by atoms with E-state index in [-0.39, 0.29) is 29.7 Å². The first-order valence-electron chi connectivity index (χ1n) is 12.2. The molecular weight excluding hydrogens is 522 g/mol. The molecule has 1 saturated carbocycles. The lowest BCUT2D eigenvalue weighted by Crippen LogP contribution is -2.28. The minimum atomic E-state index is -3.69.